The summed E-state index contributed by atoms with van der Waals surface area (Å²) in [6, 6.07) is 9.37. The molecule has 1 heterocycles. The number of hydrazine groups is 1. The van der Waals surface area contributed by atoms with Gasteiger partial charge < -0.3 is 4.74 Å². The molecule has 0 radical (unpaired) electrons. The van der Waals surface area contributed by atoms with Gasteiger partial charge in [0.25, 0.3) is 5.91 Å². The van der Waals surface area contributed by atoms with Crippen LogP contribution in [0.2, 0.25) is 10.0 Å². The van der Waals surface area contributed by atoms with E-state index < -0.39 is 29.5 Å². The summed E-state index contributed by atoms with van der Waals surface area (Å²) in [5, 5.41) is 1.97. The maximum Gasteiger partial charge on any atom is 0.275 e. The molecule has 30 heavy (non-hydrogen) atoms. The number of carbonyl (C=O) groups excluding carboxylic acids is 4. The van der Waals surface area contributed by atoms with E-state index in [0.29, 0.717) is 16.3 Å². The number of imide groups is 1. The van der Waals surface area contributed by atoms with Crippen LogP contribution in [-0.4, -0.2) is 46.7 Å². The molecule has 2 aromatic rings. The highest BCUT2D eigenvalue weighted by Crippen LogP contribution is 2.27. The first-order chi connectivity index (χ1) is 14.2. The summed E-state index contributed by atoms with van der Waals surface area (Å²) in [6.45, 7) is 1.45. The highest BCUT2D eigenvalue weighted by molar-refractivity contribution is 6.36. The third-order valence-electron chi connectivity index (χ3n) is 4.73. The molecule has 0 unspecified atom stereocenters. The van der Waals surface area contributed by atoms with Gasteiger partial charge in [0.15, 0.2) is 5.78 Å². The van der Waals surface area contributed by atoms with Gasteiger partial charge in [-0.3, -0.25) is 19.2 Å². The first-order valence-electron chi connectivity index (χ1n) is 9.07. The highest BCUT2D eigenvalue weighted by Gasteiger charge is 2.42. The molecule has 1 saturated heterocycles. The van der Waals surface area contributed by atoms with E-state index >= 15 is 0 Å². The zero-order valence-corrected chi connectivity index (χ0v) is 17.7. The topological polar surface area (TPSA) is 84.0 Å². The molecule has 0 bridgehead atoms. The summed E-state index contributed by atoms with van der Waals surface area (Å²) in [6.07, 6.45) is -0.0825. The Labute approximate surface area is 183 Å². The van der Waals surface area contributed by atoms with E-state index in [9.17, 15) is 19.2 Å². The molecule has 0 saturated carbocycles. The molecule has 1 atom stereocenters. The van der Waals surface area contributed by atoms with Crippen molar-refractivity contribution in [2.75, 3.05) is 7.11 Å². The predicted octanol–water partition coefficient (Wildman–Crippen LogP) is 3.78. The van der Waals surface area contributed by atoms with E-state index in [1.807, 2.05) is 0 Å². The van der Waals surface area contributed by atoms with Crippen molar-refractivity contribution in [3.8, 4) is 5.75 Å². The number of hydrogen-bond donors (Lipinski definition) is 0. The van der Waals surface area contributed by atoms with E-state index in [2.05, 4.69) is 0 Å². The molecule has 3 amide bonds. The quantitative estimate of drug-likeness (QED) is 0.495. The van der Waals surface area contributed by atoms with E-state index in [0.717, 1.165) is 10.0 Å². The Balaban J connectivity index is 2.02. The number of nitrogens with zero attached hydrogens (tertiary/aromatic N) is 2. The van der Waals surface area contributed by atoms with Crippen molar-refractivity contribution in [2.24, 2.45) is 0 Å². The second kappa shape index (κ2) is 8.85. The van der Waals surface area contributed by atoms with E-state index in [1.54, 1.807) is 24.3 Å². The van der Waals surface area contributed by atoms with Gasteiger partial charge in [-0.05, 0) is 49.4 Å². The molecule has 0 aliphatic carbocycles. The van der Waals surface area contributed by atoms with Crippen molar-refractivity contribution >= 4 is 46.7 Å². The molecule has 2 aromatic carbocycles. The van der Waals surface area contributed by atoms with Crippen molar-refractivity contribution in [3.63, 3.8) is 0 Å². The Morgan fingerprint density at radius 3 is 2.17 bits per heavy atom. The number of ketones is 1. The maximum atomic E-state index is 13.3. The molecule has 1 aliphatic heterocycles. The minimum absolute atomic E-state index is 0.0166. The summed E-state index contributed by atoms with van der Waals surface area (Å²) < 4.78 is 5.09. The first kappa shape index (κ1) is 21.8. The second-order valence-corrected chi connectivity index (χ2v) is 7.49. The minimum Gasteiger partial charge on any atom is -0.497 e. The molecule has 0 N–H and O–H groups in total. The van der Waals surface area contributed by atoms with Crippen LogP contribution in [-0.2, 0) is 9.59 Å². The Bertz CT molecular complexity index is 1010. The number of rotatable bonds is 6. The highest BCUT2D eigenvalue weighted by atomic mass is 35.5. The van der Waals surface area contributed by atoms with Crippen LogP contribution >= 0.6 is 23.2 Å². The van der Waals surface area contributed by atoms with Crippen LogP contribution in [0.3, 0.4) is 0 Å². The molecule has 3 rings (SSSR count). The fourth-order valence-corrected chi connectivity index (χ4v) is 3.63. The number of ether oxygens (including phenoxy) is 1. The lowest BCUT2D eigenvalue weighted by molar-refractivity contribution is -0.154. The van der Waals surface area contributed by atoms with Crippen LogP contribution in [0.5, 0.6) is 5.75 Å². The lowest BCUT2D eigenvalue weighted by Gasteiger charge is -2.34. The van der Waals surface area contributed by atoms with Crippen molar-refractivity contribution in [1.29, 1.82) is 0 Å². The van der Waals surface area contributed by atoms with Crippen LogP contribution in [0.1, 0.15) is 40.5 Å². The van der Waals surface area contributed by atoms with Gasteiger partial charge in [0, 0.05) is 23.4 Å². The smallest absolute Gasteiger partial charge is 0.275 e. The van der Waals surface area contributed by atoms with Crippen LogP contribution in [0.25, 0.3) is 0 Å². The van der Waals surface area contributed by atoms with Gasteiger partial charge in [0.2, 0.25) is 11.8 Å². The Morgan fingerprint density at radius 2 is 1.63 bits per heavy atom. The fraction of sp³-hybridized carbons (Fsp3) is 0.238. The summed E-state index contributed by atoms with van der Waals surface area (Å²) in [5.74, 6) is -1.77. The number of carbonyl (C=O) groups is 4. The third kappa shape index (κ3) is 4.17. The summed E-state index contributed by atoms with van der Waals surface area (Å²) >= 11 is 12.1. The number of Topliss-reactive ketones (excluding diaryl/α,β-unsaturated/α-hetero) is 1. The average Bonchev–Trinajstić information content (AvgIpc) is 3.06. The Hall–Kier alpha value is -2.90. The molecule has 1 aliphatic rings. The molecular formula is C21H18Cl2N2O5. The van der Waals surface area contributed by atoms with Crippen molar-refractivity contribution < 1.29 is 23.9 Å². The first-order valence-corrected chi connectivity index (χ1v) is 9.82. The molecule has 0 aromatic heterocycles. The second-order valence-electron chi connectivity index (χ2n) is 6.64. The number of hydrogen-bond acceptors (Lipinski definition) is 5. The Kier molecular flexibility index (Phi) is 6.43. The van der Waals surface area contributed by atoms with Gasteiger partial charge in [-0.15, -0.1) is 0 Å². The zero-order valence-electron chi connectivity index (χ0n) is 16.2. The molecule has 156 valence electrons. The maximum absolute atomic E-state index is 13.3. The van der Waals surface area contributed by atoms with Gasteiger partial charge in [-0.1, -0.05) is 23.2 Å². The third-order valence-corrected chi connectivity index (χ3v) is 5.28. The molecule has 1 fully saturated rings. The van der Waals surface area contributed by atoms with Crippen LogP contribution in [0.15, 0.2) is 42.5 Å². The van der Waals surface area contributed by atoms with E-state index in [-0.39, 0.29) is 23.4 Å². The monoisotopic (exact) mass is 448 g/mol. The SMILES string of the molecule is COc1ccc(C(=O)[C@H](C)N(C(=O)c2ccc(Cl)cc2Cl)N2C(=O)CCC2=O)cc1. The molecular weight excluding hydrogens is 431 g/mol. The molecule has 9 heteroatoms. The van der Waals surface area contributed by atoms with Crippen LogP contribution in [0.4, 0.5) is 0 Å². The number of methoxy groups -OCH3 is 1. The average molecular weight is 449 g/mol. The van der Waals surface area contributed by atoms with E-state index in [4.69, 9.17) is 27.9 Å². The van der Waals surface area contributed by atoms with Crippen LogP contribution < -0.4 is 4.74 Å². The number of halogens is 2. The largest absolute Gasteiger partial charge is 0.497 e. The van der Waals surface area contributed by atoms with Crippen molar-refractivity contribution in [2.45, 2.75) is 25.8 Å². The van der Waals surface area contributed by atoms with Gasteiger partial charge in [0.05, 0.1) is 17.7 Å². The molecule has 7 nitrogen and oxygen atoms in total. The van der Waals surface area contributed by atoms with Crippen molar-refractivity contribution in [3.05, 3.63) is 63.6 Å². The van der Waals surface area contributed by atoms with E-state index in [1.165, 1.54) is 32.2 Å². The zero-order chi connectivity index (χ0) is 22.0. The number of benzene rings is 2. The van der Waals surface area contributed by atoms with Crippen LogP contribution in [0, 0.1) is 0 Å². The normalized spacial score (nSPS) is 14.6. The molecule has 0 spiro atoms. The predicted molar refractivity (Wildman–Crippen MR) is 111 cm³/mol. The summed E-state index contributed by atoms with van der Waals surface area (Å²) in [7, 11) is 1.50. The summed E-state index contributed by atoms with van der Waals surface area (Å²) in [5.41, 5.74) is 0.311. The summed E-state index contributed by atoms with van der Waals surface area (Å²) in [4.78, 5) is 51.2. The van der Waals surface area contributed by atoms with Gasteiger partial charge in [-0.25, -0.2) is 5.01 Å². The fourth-order valence-electron chi connectivity index (χ4n) is 3.14. The lowest BCUT2D eigenvalue weighted by atomic mass is 10.0. The minimum atomic E-state index is -1.15. The number of amides is 3. The van der Waals surface area contributed by atoms with Crippen molar-refractivity contribution in [1.82, 2.24) is 10.0 Å². The van der Waals surface area contributed by atoms with Gasteiger partial charge in [0.1, 0.15) is 11.8 Å². The van der Waals surface area contributed by atoms with Gasteiger partial charge >= 0.3 is 0 Å². The standard InChI is InChI=1S/C21H18Cl2N2O5/c1-12(20(28)13-3-6-15(30-2)7-4-13)24(25-18(26)9-10-19(25)27)21(29)16-8-5-14(22)11-17(16)23/h3-8,11-12H,9-10H2,1-2H3/t12-/m0/s1. The lowest BCUT2D eigenvalue weighted by Crippen LogP contribution is -2.56. The van der Waals surface area contributed by atoms with Gasteiger partial charge in [-0.2, -0.15) is 5.01 Å². The Morgan fingerprint density at radius 1 is 1.03 bits per heavy atom.